The molecule has 0 bridgehead atoms. The summed E-state index contributed by atoms with van der Waals surface area (Å²) >= 11 is 1.25. The fraction of sp³-hybridized carbons (Fsp3) is 0.500. The number of amides is 2. The lowest BCUT2D eigenvalue weighted by molar-refractivity contribution is 0.0697. The number of anilines is 1. The molecule has 0 fully saturated rings. The summed E-state index contributed by atoms with van der Waals surface area (Å²) in [5, 5.41) is 21.1. The lowest BCUT2D eigenvalue weighted by Gasteiger charge is -2.22. The van der Waals surface area contributed by atoms with E-state index >= 15 is 0 Å². The number of nitrogens with zero attached hydrogens (tertiary/aromatic N) is 2. The van der Waals surface area contributed by atoms with Gasteiger partial charge in [0.25, 0.3) is 0 Å². The third-order valence-corrected chi connectivity index (χ3v) is 4.33. The molecule has 2 N–H and O–H groups in total. The summed E-state index contributed by atoms with van der Waals surface area (Å²) in [6, 6.07) is 1.69. The minimum Gasteiger partial charge on any atom is -0.478 e. The van der Waals surface area contributed by atoms with Crippen molar-refractivity contribution in [2.45, 2.75) is 27.7 Å². The van der Waals surface area contributed by atoms with Gasteiger partial charge in [-0.15, -0.1) is 11.3 Å². The van der Waals surface area contributed by atoms with Crippen LogP contribution in [-0.2, 0) is 0 Å². The van der Waals surface area contributed by atoms with Crippen molar-refractivity contribution >= 4 is 28.3 Å². The first kappa shape index (κ1) is 17.0. The Morgan fingerprint density at radius 3 is 2.57 bits per heavy atom. The lowest BCUT2D eigenvalue weighted by Crippen LogP contribution is -2.37. The number of hydrogen-bond acceptors (Lipinski definition) is 4. The van der Waals surface area contributed by atoms with E-state index in [1.54, 1.807) is 13.8 Å². The largest absolute Gasteiger partial charge is 0.478 e. The summed E-state index contributed by atoms with van der Waals surface area (Å²) in [6.45, 7) is 7.84. The zero-order valence-electron chi connectivity index (χ0n) is 12.6. The summed E-state index contributed by atoms with van der Waals surface area (Å²) in [5.41, 5.74) is 0.798. The number of nitriles is 1. The van der Waals surface area contributed by atoms with Crippen molar-refractivity contribution in [1.29, 1.82) is 5.26 Å². The molecule has 1 unspecified atom stereocenters. The Morgan fingerprint density at radius 2 is 2.10 bits per heavy atom. The number of carbonyl (C=O) groups is 2. The van der Waals surface area contributed by atoms with Gasteiger partial charge < -0.3 is 10.0 Å². The zero-order valence-corrected chi connectivity index (χ0v) is 13.4. The van der Waals surface area contributed by atoms with Crippen LogP contribution in [0.4, 0.5) is 9.80 Å². The topological polar surface area (TPSA) is 93.4 Å². The van der Waals surface area contributed by atoms with Crippen LogP contribution in [0.15, 0.2) is 0 Å². The Morgan fingerprint density at radius 1 is 1.48 bits per heavy atom. The highest BCUT2D eigenvalue weighted by molar-refractivity contribution is 7.16. The van der Waals surface area contributed by atoms with E-state index in [0.29, 0.717) is 23.7 Å². The van der Waals surface area contributed by atoms with Gasteiger partial charge in [-0.05, 0) is 33.3 Å². The molecule has 0 saturated carbocycles. The molecule has 0 aliphatic heterocycles. The van der Waals surface area contributed by atoms with E-state index in [9.17, 15) is 14.7 Å². The molecule has 6 nitrogen and oxygen atoms in total. The molecule has 0 aliphatic carbocycles. The number of aromatic carboxylic acids is 1. The second kappa shape index (κ2) is 7.09. The summed E-state index contributed by atoms with van der Waals surface area (Å²) < 4.78 is 0. The minimum absolute atomic E-state index is 0.134. The van der Waals surface area contributed by atoms with Crippen LogP contribution in [0.5, 0.6) is 0 Å². The quantitative estimate of drug-likeness (QED) is 0.874. The molecule has 0 radical (unpaired) electrons. The maximum Gasteiger partial charge on any atom is 0.338 e. The van der Waals surface area contributed by atoms with Crippen molar-refractivity contribution in [3.8, 4) is 6.07 Å². The van der Waals surface area contributed by atoms with E-state index in [4.69, 9.17) is 5.26 Å². The van der Waals surface area contributed by atoms with Crippen LogP contribution in [0.1, 0.15) is 34.6 Å². The molecule has 1 heterocycles. The number of carboxylic acid groups (broad SMARTS) is 1. The van der Waals surface area contributed by atoms with Gasteiger partial charge in [0, 0.05) is 18.0 Å². The van der Waals surface area contributed by atoms with Gasteiger partial charge in [0.05, 0.1) is 17.6 Å². The molecule has 1 atom stereocenters. The summed E-state index contributed by atoms with van der Waals surface area (Å²) in [7, 11) is 0. The SMILES string of the molecule is CCN(CC(C)C#N)C(=O)Nc1sc(C)c(C)c1C(=O)O. The van der Waals surface area contributed by atoms with E-state index < -0.39 is 5.97 Å². The molecule has 0 aliphatic rings. The fourth-order valence-corrected chi connectivity index (χ4v) is 2.92. The molecular weight excluding hydrogens is 290 g/mol. The van der Waals surface area contributed by atoms with Gasteiger partial charge in [0.15, 0.2) is 0 Å². The highest BCUT2D eigenvalue weighted by atomic mass is 32.1. The first-order valence-electron chi connectivity index (χ1n) is 6.60. The Balaban J connectivity index is 2.95. The molecule has 21 heavy (non-hydrogen) atoms. The van der Waals surface area contributed by atoms with Crippen LogP contribution in [0, 0.1) is 31.1 Å². The molecule has 1 aromatic rings. The Kier molecular flexibility index (Phi) is 5.73. The van der Waals surface area contributed by atoms with Crippen LogP contribution < -0.4 is 5.32 Å². The second-order valence-corrected chi connectivity index (χ2v) is 6.02. The number of nitrogens with one attached hydrogen (secondary N) is 1. The predicted octanol–water partition coefficient (Wildman–Crippen LogP) is 3.08. The third-order valence-electron chi connectivity index (χ3n) is 3.20. The summed E-state index contributed by atoms with van der Waals surface area (Å²) in [4.78, 5) is 25.9. The van der Waals surface area contributed by atoms with Crippen molar-refractivity contribution < 1.29 is 14.7 Å². The lowest BCUT2D eigenvalue weighted by atomic mass is 10.1. The minimum atomic E-state index is -1.06. The summed E-state index contributed by atoms with van der Waals surface area (Å²) in [5.74, 6) is -1.33. The van der Waals surface area contributed by atoms with Crippen molar-refractivity contribution in [2.75, 3.05) is 18.4 Å². The zero-order chi connectivity index (χ0) is 16.2. The number of carbonyl (C=O) groups excluding carboxylic acids is 1. The fourth-order valence-electron chi connectivity index (χ4n) is 1.88. The van der Waals surface area contributed by atoms with Gasteiger partial charge >= 0.3 is 12.0 Å². The summed E-state index contributed by atoms with van der Waals surface area (Å²) in [6.07, 6.45) is 0. The van der Waals surface area contributed by atoms with Gasteiger partial charge in [-0.3, -0.25) is 5.32 Å². The van der Waals surface area contributed by atoms with E-state index in [-0.39, 0.29) is 17.5 Å². The van der Waals surface area contributed by atoms with E-state index in [1.807, 2.05) is 13.8 Å². The molecule has 1 aromatic heterocycles. The van der Waals surface area contributed by atoms with Crippen LogP contribution >= 0.6 is 11.3 Å². The van der Waals surface area contributed by atoms with Crippen molar-refractivity contribution in [1.82, 2.24) is 4.90 Å². The van der Waals surface area contributed by atoms with Crippen molar-refractivity contribution in [3.05, 3.63) is 16.0 Å². The van der Waals surface area contributed by atoms with Gasteiger partial charge in [0.1, 0.15) is 5.00 Å². The average Bonchev–Trinajstić information content (AvgIpc) is 2.70. The highest BCUT2D eigenvalue weighted by Crippen LogP contribution is 2.32. The first-order chi connectivity index (χ1) is 9.81. The number of thiophene rings is 1. The van der Waals surface area contributed by atoms with Crippen LogP contribution in [0.3, 0.4) is 0 Å². The molecule has 7 heteroatoms. The normalized spacial score (nSPS) is 11.6. The number of rotatable bonds is 5. The highest BCUT2D eigenvalue weighted by Gasteiger charge is 2.22. The maximum atomic E-state index is 12.2. The average molecular weight is 309 g/mol. The predicted molar refractivity (Wildman–Crippen MR) is 81.8 cm³/mol. The molecule has 114 valence electrons. The Bertz CT molecular complexity index is 589. The van der Waals surface area contributed by atoms with Crippen molar-refractivity contribution in [2.24, 2.45) is 5.92 Å². The second-order valence-electron chi connectivity index (χ2n) is 4.79. The Hall–Kier alpha value is -2.07. The third kappa shape index (κ3) is 3.95. The molecule has 0 spiro atoms. The number of aryl methyl sites for hydroxylation is 1. The van der Waals surface area contributed by atoms with Gasteiger partial charge in [0.2, 0.25) is 0 Å². The number of urea groups is 1. The van der Waals surface area contributed by atoms with Crippen molar-refractivity contribution in [3.63, 3.8) is 0 Å². The first-order valence-corrected chi connectivity index (χ1v) is 7.42. The molecule has 0 aromatic carbocycles. The van der Waals surface area contributed by atoms with Gasteiger partial charge in [-0.1, -0.05) is 0 Å². The van der Waals surface area contributed by atoms with Crippen LogP contribution in [0.25, 0.3) is 0 Å². The standard InChI is InChI=1S/C14H19N3O3S/c1-5-17(7-8(2)6-15)14(20)16-12-11(13(18)19)9(3)10(4)21-12/h8H,5,7H2,1-4H3,(H,16,20)(H,18,19). The smallest absolute Gasteiger partial charge is 0.338 e. The van der Waals surface area contributed by atoms with Crippen LogP contribution in [0.2, 0.25) is 0 Å². The van der Waals surface area contributed by atoms with Gasteiger partial charge in [-0.2, -0.15) is 5.26 Å². The Labute approximate surface area is 128 Å². The number of carboxylic acids is 1. The molecular formula is C14H19N3O3S. The van der Waals surface area contributed by atoms with Crippen LogP contribution in [-0.4, -0.2) is 35.1 Å². The monoisotopic (exact) mass is 309 g/mol. The number of hydrogen-bond donors (Lipinski definition) is 2. The molecule has 2 amide bonds. The van der Waals surface area contributed by atoms with E-state index in [0.717, 1.165) is 4.88 Å². The van der Waals surface area contributed by atoms with Gasteiger partial charge in [-0.25, -0.2) is 9.59 Å². The maximum absolute atomic E-state index is 12.2. The van der Waals surface area contributed by atoms with E-state index in [1.165, 1.54) is 16.2 Å². The molecule has 1 rings (SSSR count). The van der Waals surface area contributed by atoms with E-state index in [2.05, 4.69) is 11.4 Å². The molecule has 0 saturated heterocycles.